The van der Waals surface area contributed by atoms with Gasteiger partial charge in [-0.05, 0) is 43.4 Å². The van der Waals surface area contributed by atoms with Crippen molar-refractivity contribution in [2.24, 2.45) is 17.8 Å². The van der Waals surface area contributed by atoms with Gasteiger partial charge in [-0.3, -0.25) is 0 Å². The number of fused-ring (bicyclic) bond motifs is 3. The van der Waals surface area contributed by atoms with Crippen LogP contribution in [0.3, 0.4) is 0 Å². The Kier molecular flexibility index (Phi) is 0.851. The van der Waals surface area contributed by atoms with Gasteiger partial charge in [0.1, 0.15) is 5.60 Å². The first-order valence-corrected chi connectivity index (χ1v) is 5.18. The molecule has 1 N–H and O–H groups in total. The van der Waals surface area contributed by atoms with Crippen LogP contribution >= 0.6 is 0 Å². The Balaban J connectivity index is 1.81. The topological polar surface area (TPSA) is 32.8 Å². The van der Waals surface area contributed by atoms with Crippen molar-refractivity contribution in [3.63, 3.8) is 0 Å². The van der Waals surface area contributed by atoms with Gasteiger partial charge >= 0.3 is 0 Å². The van der Waals surface area contributed by atoms with Gasteiger partial charge in [-0.15, -0.1) is 0 Å². The molecule has 1 saturated heterocycles. The zero-order chi connectivity index (χ0) is 7.92. The van der Waals surface area contributed by atoms with E-state index in [2.05, 4.69) is 0 Å². The summed E-state index contributed by atoms with van der Waals surface area (Å²) >= 11 is 0. The summed E-state index contributed by atoms with van der Waals surface area (Å²) in [5.74, 6) is 2.05. The second-order valence-corrected chi connectivity index (χ2v) is 5.04. The molecule has 3 saturated carbocycles. The summed E-state index contributed by atoms with van der Waals surface area (Å²) < 4.78 is 5.84. The summed E-state index contributed by atoms with van der Waals surface area (Å²) in [7, 11) is 0. The molecule has 0 radical (unpaired) electrons. The summed E-state index contributed by atoms with van der Waals surface area (Å²) in [5.41, 5.74) is 0.309. The predicted octanol–water partition coefficient (Wildman–Crippen LogP) is 0.935. The molecule has 0 aromatic carbocycles. The van der Waals surface area contributed by atoms with E-state index < -0.39 is 0 Å². The van der Waals surface area contributed by atoms with Gasteiger partial charge in [0, 0.05) is 0 Å². The lowest BCUT2D eigenvalue weighted by atomic mass is 9.79. The van der Waals surface area contributed by atoms with Crippen LogP contribution in [0.2, 0.25) is 0 Å². The maximum Gasteiger partial charge on any atom is 0.101 e. The van der Waals surface area contributed by atoms with Crippen LogP contribution in [0.4, 0.5) is 0 Å². The Morgan fingerprint density at radius 2 is 2.17 bits per heavy atom. The van der Waals surface area contributed by atoms with Gasteiger partial charge < -0.3 is 9.84 Å². The molecule has 12 heavy (non-hydrogen) atoms. The molecule has 2 unspecified atom stereocenters. The van der Waals surface area contributed by atoms with Gasteiger partial charge in [0.05, 0.1) is 12.2 Å². The molecule has 4 fully saturated rings. The zero-order valence-electron chi connectivity index (χ0n) is 7.07. The summed E-state index contributed by atoms with van der Waals surface area (Å²) in [6.07, 6.45) is 5.48. The number of aliphatic hydroxyl groups excluding tert-OH is 1. The van der Waals surface area contributed by atoms with Crippen molar-refractivity contribution < 1.29 is 9.84 Å². The van der Waals surface area contributed by atoms with E-state index in [4.69, 9.17) is 4.74 Å². The molecule has 0 aromatic rings. The number of hydrogen-bond donors (Lipinski definition) is 1. The highest BCUT2D eigenvalue weighted by Gasteiger charge is 2.76. The summed E-state index contributed by atoms with van der Waals surface area (Å²) in [6.45, 7) is 0. The first kappa shape index (κ1) is 6.39. The molecular weight excluding hydrogens is 152 g/mol. The van der Waals surface area contributed by atoms with E-state index in [0.29, 0.717) is 17.6 Å². The molecule has 66 valence electrons. The van der Waals surface area contributed by atoms with Crippen molar-refractivity contribution in [2.45, 2.75) is 43.5 Å². The fourth-order valence-electron chi connectivity index (χ4n) is 4.44. The summed E-state index contributed by atoms with van der Waals surface area (Å²) in [4.78, 5) is 0. The van der Waals surface area contributed by atoms with Crippen LogP contribution in [0, 0.1) is 17.8 Å². The Hall–Kier alpha value is -0.0800. The van der Waals surface area contributed by atoms with Gasteiger partial charge in [-0.1, -0.05) is 0 Å². The van der Waals surface area contributed by atoms with Crippen LogP contribution in [0.1, 0.15) is 25.7 Å². The Morgan fingerprint density at radius 3 is 3.00 bits per heavy atom. The fraction of sp³-hybridized carbons (Fsp3) is 1.00. The third-order valence-corrected chi connectivity index (χ3v) is 4.84. The molecule has 1 aliphatic heterocycles. The molecular formula is C10H14O2. The SMILES string of the molecule is OC1C[C@@H]2C[C@H]1C1CC[C@H]3O[C@]123. The van der Waals surface area contributed by atoms with Crippen molar-refractivity contribution >= 4 is 0 Å². The maximum atomic E-state index is 9.74. The lowest BCUT2D eigenvalue weighted by Crippen LogP contribution is -2.35. The minimum absolute atomic E-state index is 0.00794. The number of aliphatic hydroxyl groups is 1. The smallest absolute Gasteiger partial charge is 0.101 e. The van der Waals surface area contributed by atoms with Crippen molar-refractivity contribution in [3.8, 4) is 0 Å². The fourth-order valence-corrected chi connectivity index (χ4v) is 4.44. The highest BCUT2D eigenvalue weighted by molar-refractivity contribution is 5.24. The zero-order valence-corrected chi connectivity index (χ0v) is 7.07. The minimum Gasteiger partial charge on any atom is -0.393 e. The second-order valence-electron chi connectivity index (χ2n) is 5.04. The van der Waals surface area contributed by atoms with Gasteiger partial charge in [0.25, 0.3) is 0 Å². The maximum absolute atomic E-state index is 9.74. The second kappa shape index (κ2) is 1.60. The molecule has 0 amide bonds. The summed E-state index contributed by atoms with van der Waals surface area (Å²) in [6, 6.07) is 0. The molecule has 0 aromatic heterocycles. The standard InChI is InChI=1S/C10H14O2/c11-8-4-5-3-6(8)7-1-2-9-10(5,7)12-9/h5-9,11H,1-4H2/t5-,6-,7?,8?,9+,10-/m0/s1. The van der Waals surface area contributed by atoms with Gasteiger partial charge in [0.15, 0.2) is 0 Å². The Bertz CT molecular complexity index is 252. The van der Waals surface area contributed by atoms with E-state index in [1.807, 2.05) is 0 Å². The van der Waals surface area contributed by atoms with Crippen molar-refractivity contribution in [3.05, 3.63) is 0 Å². The average molecular weight is 166 g/mol. The van der Waals surface area contributed by atoms with Gasteiger partial charge in [0.2, 0.25) is 0 Å². The number of rotatable bonds is 0. The lowest BCUT2D eigenvalue weighted by molar-refractivity contribution is 0.0318. The average Bonchev–Trinajstić information content (AvgIpc) is 2.45. The molecule has 1 heterocycles. The van der Waals surface area contributed by atoms with Crippen LogP contribution in [0.5, 0.6) is 0 Å². The number of hydrogen-bond acceptors (Lipinski definition) is 2. The first-order chi connectivity index (χ1) is 5.82. The van der Waals surface area contributed by atoms with Crippen LogP contribution in [0.25, 0.3) is 0 Å². The van der Waals surface area contributed by atoms with Crippen molar-refractivity contribution in [2.75, 3.05) is 0 Å². The molecule has 2 bridgehead atoms. The molecule has 2 nitrogen and oxygen atoms in total. The van der Waals surface area contributed by atoms with Crippen molar-refractivity contribution in [1.29, 1.82) is 0 Å². The monoisotopic (exact) mass is 166 g/mol. The predicted molar refractivity (Wildman–Crippen MR) is 42.5 cm³/mol. The first-order valence-electron chi connectivity index (χ1n) is 5.18. The normalized spacial score (nSPS) is 71.2. The molecule has 6 atom stereocenters. The van der Waals surface area contributed by atoms with Crippen LogP contribution in [-0.4, -0.2) is 22.9 Å². The lowest BCUT2D eigenvalue weighted by Gasteiger charge is -2.28. The van der Waals surface area contributed by atoms with E-state index in [1.54, 1.807) is 0 Å². The van der Waals surface area contributed by atoms with E-state index in [-0.39, 0.29) is 6.10 Å². The van der Waals surface area contributed by atoms with Crippen LogP contribution in [0.15, 0.2) is 0 Å². The minimum atomic E-state index is 0.00794. The van der Waals surface area contributed by atoms with Gasteiger partial charge in [-0.25, -0.2) is 0 Å². The quantitative estimate of drug-likeness (QED) is 0.543. The third kappa shape index (κ3) is 0.449. The number of ether oxygens (including phenoxy) is 1. The molecule has 1 spiro atoms. The van der Waals surface area contributed by atoms with Gasteiger partial charge in [-0.2, -0.15) is 0 Å². The largest absolute Gasteiger partial charge is 0.393 e. The summed E-state index contributed by atoms with van der Waals surface area (Å²) in [5, 5.41) is 9.74. The Morgan fingerprint density at radius 1 is 1.25 bits per heavy atom. The van der Waals surface area contributed by atoms with E-state index in [0.717, 1.165) is 18.3 Å². The van der Waals surface area contributed by atoms with Crippen molar-refractivity contribution in [1.82, 2.24) is 0 Å². The molecule has 2 heteroatoms. The molecule has 4 aliphatic rings. The molecule has 4 rings (SSSR count). The highest BCUT2D eigenvalue weighted by atomic mass is 16.6. The van der Waals surface area contributed by atoms with Crippen LogP contribution < -0.4 is 0 Å². The van der Waals surface area contributed by atoms with E-state index in [9.17, 15) is 5.11 Å². The Labute approximate surface area is 71.9 Å². The number of epoxide rings is 1. The van der Waals surface area contributed by atoms with Crippen LogP contribution in [-0.2, 0) is 4.74 Å². The van der Waals surface area contributed by atoms with E-state index >= 15 is 0 Å². The van der Waals surface area contributed by atoms with E-state index in [1.165, 1.54) is 19.3 Å². The third-order valence-electron chi connectivity index (χ3n) is 4.84. The molecule has 3 aliphatic carbocycles. The highest BCUT2D eigenvalue weighted by Crippen LogP contribution is 2.70.